The molecule has 1 unspecified atom stereocenters. The lowest BCUT2D eigenvalue weighted by Crippen LogP contribution is -2.53. The molecule has 3 aromatic carbocycles. The van der Waals surface area contributed by atoms with Gasteiger partial charge in [0.05, 0.1) is 11.1 Å². The van der Waals surface area contributed by atoms with Crippen LogP contribution in [0.25, 0.3) is 16.0 Å². The van der Waals surface area contributed by atoms with Crippen molar-refractivity contribution in [2.45, 2.75) is 44.6 Å². The average molecular weight is 567 g/mol. The molecule has 2 aromatic heterocycles. The molecule has 0 saturated carbocycles. The normalized spacial score (nSPS) is 21.7. The summed E-state index contributed by atoms with van der Waals surface area (Å²) in [6, 6.07) is 29.0. The van der Waals surface area contributed by atoms with Crippen LogP contribution in [0.15, 0.2) is 96.5 Å². The second kappa shape index (κ2) is 10.0. The maximum absolute atomic E-state index is 14.1. The van der Waals surface area contributed by atoms with Gasteiger partial charge in [-0.1, -0.05) is 85.8 Å². The summed E-state index contributed by atoms with van der Waals surface area (Å²) in [5.41, 5.74) is 7.96. The van der Waals surface area contributed by atoms with Gasteiger partial charge in [-0.2, -0.15) is 0 Å². The van der Waals surface area contributed by atoms with Crippen molar-refractivity contribution in [1.29, 1.82) is 0 Å². The van der Waals surface area contributed by atoms with E-state index < -0.39 is 11.0 Å². The maximum atomic E-state index is 14.1. The van der Waals surface area contributed by atoms with E-state index in [9.17, 15) is 4.79 Å². The summed E-state index contributed by atoms with van der Waals surface area (Å²) in [5.74, 6) is -0.211. The molecule has 0 radical (unpaired) electrons. The van der Waals surface area contributed by atoms with Crippen molar-refractivity contribution in [2.24, 2.45) is 5.41 Å². The number of hydrogen-bond acceptors (Lipinski definition) is 4. The number of benzene rings is 3. The molecule has 5 nitrogen and oxygen atoms in total. The molecule has 0 aliphatic heterocycles. The first kappa shape index (κ1) is 26.3. The third-order valence-corrected chi connectivity index (χ3v) is 9.84. The maximum Gasteiger partial charge on any atom is 0.284 e. The van der Waals surface area contributed by atoms with E-state index >= 15 is 0 Å². The molecule has 6 heteroatoms. The number of anilines is 1. The number of nitrogens with zero attached hydrogens (tertiary/aromatic N) is 3. The zero-order chi connectivity index (χ0) is 28.9. The van der Waals surface area contributed by atoms with E-state index in [0.717, 1.165) is 56.8 Å². The van der Waals surface area contributed by atoms with Crippen molar-refractivity contribution in [1.82, 2.24) is 9.97 Å². The lowest BCUT2D eigenvalue weighted by Gasteiger charge is -2.51. The lowest BCUT2D eigenvalue weighted by atomic mass is 9.49. The summed E-state index contributed by atoms with van der Waals surface area (Å²) in [6.07, 6.45) is 3.98. The molecule has 1 amide bonds. The highest BCUT2D eigenvalue weighted by Gasteiger charge is 2.64. The van der Waals surface area contributed by atoms with Crippen LogP contribution in [0.4, 0.5) is 5.13 Å². The van der Waals surface area contributed by atoms with Gasteiger partial charge in [0.1, 0.15) is 0 Å². The monoisotopic (exact) mass is 566 g/mol. The van der Waals surface area contributed by atoms with E-state index in [4.69, 9.17) is 11.6 Å². The molecule has 8 rings (SSSR count). The van der Waals surface area contributed by atoms with Gasteiger partial charge in [0.15, 0.2) is 5.13 Å². The fourth-order valence-electron chi connectivity index (χ4n) is 6.96. The van der Waals surface area contributed by atoms with Gasteiger partial charge in [-0.25, -0.2) is 11.6 Å². The van der Waals surface area contributed by atoms with Gasteiger partial charge in [0.2, 0.25) is 5.91 Å². The van der Waals surface area contributed by atoms with Gasteiger partial charge < -0.3 is 5.32 Å². The number of aromatic nitrogens is 2. The highest BCUT2D eigenvalue weighted by Crippen LogP contribution is 2.64. The molecule has 0 spiro atoms. The van der Waals surface area contributed by atoms with Crippen LogP contribution in [-0.2, 0) is 23.2 Å². The second-order valence-electron chi connectivity index (χ2n) is 11.5. The van der Waals surface area contributed by atoms with Gasteiger partial charge in [-0.15, -0.1) is 11.3 Å². The number of hydrogen-bond donors (Lipinski definition) is 1. The van der Waals surface area contributed by atoms with Gasteiger partial charge in [-0.05, 0) is 41.7 Å². The van der Waals surface area contributed by atoms with Crippen LogP contribution >= 0.6 is 11.3 Å². The smallest absolute Gasteiger partial charge is 0.284 e. The minimum atomic E-state index is -0.873. The van der Waals surface area contributed by atoms with Crippen molar-refractivity contribution in [3.05, 3.63) is 147 Å². The van der Waals surface area contributed by atoms with E-state index in [2.05, 4.69) is 82.7 Å². The highest BCUT2D eigenvalue weighted by molar-refractivity contribution is 7.13. The van der Waals surface area contributed by atoms with Crippen molar-refractivity contribution in [3.8, 4) is 11.1 Å². The van der Waals surface area contributed by atoms with Gasteiger partial charge in [0, 0.05) is 52.7 Å². The Labute approximate surface area is 250 Å². The first-order chi connectivity index (χ1) is 20.4. The summed E-state index contributed by atoms with van der Waals surface area (Å²) >= 11 is 1.45. The van der Waals surface area contributed by atoms with Crippen LogP contribution in [0.3, 0.4) is 0 Å². The third-order valence-electron chi connectivity index (χ3n) is 9.04. The molecule has 0 fully saturated rings. The van der Waals surface area contributed by atoms with Gasteiger partial charge in [0.25, 0.3) is 5.54 Å². The standard InChI is InChI=1S/C36H30N4OS/c1-4-26-18-17-25(20-38-26)24-15-13-23(14-16-24)19-27-21-42-34(39-27)40-33(41)35(2)22-36(37-3)30-11-7-5-9-28(30)32(35)29-10-6-8-12-31(29)36/h5-18,20-21,32H,4,19,22H2,1-2H3,(H,39,40,41). The van der Waals surface area contributed by atoms with Crippen LogP contribution in [0.2, 0.25) is 0 Å². The molecule has 3 aliphatic carbocycles. The Kier molecular flexibility index (Phi) is 6.29. The number of carbonyl (C=O) groups excluding carboxylic acids is 1. The van der Waals surface area contributed by atoms with E-state index in [-0.39, 0.29) is 11.8 Å². The van der Waals surface area contributed by atoms with Gasteiger partial charge >= 0.3 is 0 Å². The molecule has 2 heterocycles. The number of rotatable bonds is 6. The summed E-state index contributed by atoms with van der Waals surface area (Å²) < 4.78 is 0. The summed E-state index contributed by atoms with van der Waals surface area (Å²) in [5, 5.41) is 5.75. The Balaban J connectivity index is 1.11. The number of fused-ring (bicyclic) bond motifs is 1. The Morgan fingerprint density at radius 1 is 0.952 bits per heavy atom. The zero-order valence-electron chi connectivity index (χ0n) is 23.6. The largest absolute Gasteiger partial charge is 0.301 e. The van der Waals surface area contributed by atoms with Crippen molar-refractivity contribution in [2.75, 3.05) is 5.32 Å². The van der Waals surface area contributed by atoms with Crippen molar-refractivity contribution in [3.63, 3.8) is 0 Å². The number of amides is 1. The van der Waals surface area contributed by atoms with E-state index in [1.165, 1.54) is 11.3 Å². The van der Waals surface area contributed by atoms with Gasteiger partial charge in [-0.3, -0.25) is 14.6 Å². The Bertz CT molecular complexity index is 1800. The number of nitrogens with one attached hydrogen (secondary N) is 1. The van der Waals surface area contributed by atoms with E-state index in [1.807, 2.05) is 42.8 Å². The molecule has 5 aromatic rings. The predicted molar refractivity (Wildman–Crippen MR) is 167 cm³/mol. The molecule has 2 bridgehead atoms. The molecule has 206 valence electrons. The minimum Gasteiger partial charge on any atom is -0.301 e. The number of thiazole rings is 1. The van der Waals surface area contributed by atoms with Crippen LogP contribution in [0.1, 0.15) is 65.4 Å². The minimum absolute atomic E-state index is 0.0857. The summed E-state index contributed by atoms with van der Waals surface area (Å²) in [4.78, 5) is 27.6. The Hall–Kier alpha value is -4.60. The van der Waals surface area contributed by atoms with Crippen LogP contribution in [0, 0.1) is 12.0 Å². The molecule has 1 atom stereocenters. The fraction of sp³-hybridized carbons (Fsp3) is 0.222. The van der Waals surface area contributed by atoms with E-state index in [0.29, 0.717) is 18.0 Å². The van der Waals surface area contributed by atoms with Crippen molar-refractivity contribution >= 4 is 22.4 Å². The molecular weight excluding hydrogens is 536 g/mol. The van der Waals surface area contributed by atoms with Crippen LogP contribution < -0.4 is 5.32 Å². The average Bonchev–Trinajstić information content (AvgIpc) is 3.48. The first-order valence-corrected chi connectivity index (χ1v) is 15.2. The lowest BCUT2D eigenvalue weighted by molar-refractivity contribution is -0.127. The highest BCUT2D eigenvalue weighted by atomic mass is 32.1. The predicted octanol–water partition coefficient (Wildman–Crippen LogP) is 8.02. The number of pyridine rings is 1. The molecule has 3 aliphatic rings. The van der Waals surface area contributed by atoms with Crippen LogP contribution in [0.5, 0.6) is 0 Å². The quantitative estimate of drug-likeness (QED) is 0.212. The molecule has 42 heavy (non-hydrogen) atoms. The summed E-state index contributed by atoms with van der Waals surface area (Å²) in [6.45, 7) is 12.5. The fourth-order valence-corrected chi connectivity index (χ4v) is 7.66. The topological polar surface area (TPSA) is 59.2 Å². The molecule has 0 saturated heterocycles. The molecular formula is C36H30N4OS. The van der Waals surface area contributed by atoms with Crippen LogP contribution in [-0.4, -0.2) is 15.9 Å². The summed E-state index contributed by atoms with van der Waals surface area (Å²) in [7, 11) is 0. The SMILES string of the molecule is [C-]#[N+]C12CC(C)(C(=O)Nc3nc(Cc4ccc(-c5ccc(CC)nc5)cc4)cs3)C(c3ccccc31)c1ccccc12. The number of carbonyl (C=O) groups is 1. The van der Waals surface area contributed by atoms with E-state index in [1.54, 1.807) is 0 Å². The Morgan fingerprint density at radius 2 is 1.62 bits per heavy atom. The second-order valence-corrected chi connectivity index (χ2v) is 12.4. The van der Waals surface area contributed by atoms with Crippen molar-refractivity contribution < 1.29 is 4.79 Å². The zero-order valence-corrected chi connectivity index (χ0v) is 24.4. The Morgan fingerprint density at radius 3 is 2.24 bits per heavy atom. The number of aryl methyl sites for hydroxylation is 1. The first-order valence-electron chi connectivity index (χ1n) is 14.3. The third kappa shape index (κ3) is 4.07. The molecule has 1 N–H and O–H groups in total.